The maximum Gasteiger partial charge on any atom is 0.297 e. The summed E-state index contributed by atoms with van der Waals surface area (Å²) in [7, 11) is 0. The first-order valence-corrected chi connectivity index (χ1v) is 4.70. The van der Waals surface area contributed by atoms with Gasteiger partial charge in [-0.2, -0.15) is 5.11 Å². The number of azo groups is 1. The van der Waals surface area contributed by atoms with E-state index in [9.17, 15) is 4.79 Å². The number of carbonyl (C=O) groups excluding carboxylic acids is 1. The average Bonchev–Trinajstić information content (AvgIpc) is 2.50. The van der Waals surface area contributed by atoms with Gasteiger partial charge in [0, 0.05) is 17.5 Å². The molecule has 74 valence electrons. The lowest BCUT2D eigenvalue weighted by molar-refractivity contribution is -0.114. The van der Waals surface area contributed by atoms with Crippen LogP contribution in [0.4, 0.5) is 0 Å². The van der Waals surface area contributed by atoms with Gasteiger partial charge in [0.1, 0.15) is 0 Å². The largest absolute Gasteiger partial charge is 0.297 e. The van der Waals surface area contributed by atoms with E-state index in [4.69, 9.17) is 0 Å². The molecular weight excluding hydrogens is 178 g/mol. The van der Waals surface area contributed by atoms with Crippen molar-refractivity contribution in [2.75, 3.05) is 6.54 Å². The van der Waals surface area contributed by atoms with Crippen molar-refractivity contribution in [2.45, 2.75) is 27.2 Å². The van der Waals surface area contributed by atoms with Crippen LogP contribution in [0.5, 0.6) is 0 Å². The molecule has 1 amide bonds. The van der Waals surface area contributed by atoms with Crippen LogP contribution in [0, 0.1) is 5.41 Å². The van der Waals surface area contributed by atoms with Gasteiger partial charge in [0.15, 0.2) is 5.70 Å². The van der Waals surface area contributed by atoms with E-state index < -0.39 is 0 Å². The molecule has 0 atom stereocenters. The standard InChI is InChI=1S/C10H13N3O/c1-10(2,3)7-4-6-5-11-13-8(6)9(14)12-7/h4-5H2,1-3H3. The Morgan fingerprint density at radius 2 is 2.00 bits per heavy atom. The Bertz CT molecular complexity index is 383. The number of rotatable bonds is 0. The van der Waals surface area contributed by atoms with E-state index in [2.05, 4.69) is 36.0 Å². The van der Waals surface area contributed by atoms with Gasteiger partial charge >= 0.3 is 0 Å². The van der Waals surface area contributed by atoms with Crippen LogP contribution in [0.1, 0.15) is 27.2 Å². The van der Waals surface area contributed by atoms with E-state index in [1.807, 2.05) is 0 Å². The minimum Gasteiger partial charge on any atom is -0.265 e. The first-order chi connectivity index (χ1) is 6.48. The van der Waals surface area contributed by atoms with Gasteiger partial charge in [0.05, 0.1) is 6.54 Å². The summed E-state index contributed by atoms with van der Waals surface area (Å²) in [6.45, 7) is 6.76. The first kappa shape index (κ1) is 9.24. The van der Waals surface area contributed by atoms with Crippen molar-refractivity contribution < 1.29 is 4.79 Å². The molecule has 0 aromatic carbocycles. The van der Waals surface area contributed by atoms with Crippen molar-refractivity contribution in [2.24, 2.45) is 20.6 Å². The molecule has 0 spiro atoms. The lowest BCUT2D eigenvalue weighted by Gasteiger charge is -2.23. The van der Waals surface area contributed by atoms with E-state index in [-0.39, 0.29) is 11.3 Å². The van der Waals surface area contributed by atoms with Gasteiger partial charge in [-0.15, -0.1) is 5.11 Å². The van der Waals surface area contributed by atoms with E-state index in [0.29, 0.717) is 12.2 Å². The number of hydrogen-bond donors (Lipinski definition) is 0. The summed E-state index contributed by atoms with van der Waals surface area (Å²) >= 11 is 0. The van der Waals surface area contributed by atoms with Crippen molar-refractivity contribution in [1.82, 2.24) is 0 Å². The molecule has 4 heteroatoms. The molecule has 0 unspecified atom stereocenters. The molecule has 0 saturated carbocycles. The zero-order valence-corrected chi connectivity index (χ0v) is 8.66. The SMILES string of the molecule is CC(C)(C)C1=NC(=O)C2=C(CN=N2)C1. The summed E-state index contributed by atoms with van der Waals surface area (Å²) in [5.41, 5.74) is 2.39. The minimum absolute atomic E-state index is 0.0449. The van der Waals surface area contributed by atoms with Crippen molar-refractivity contribution in [3.8, 4) is 0 Å². The molecular formula is C10H13N3O. The molecule has 0 aliphatic carbocycles. The van der Waals surface area contributed by atoms with E-state index in [1.165, 1.54) is 0 Å². The molecule has 0 bridgehead atoms. The van der Waals surface area contributed by atoms with Crippen molar-refractivity contribution in [3.63, 3.8) is 0 Å². The van der Waals surface area contributed by atoms with Gasteiger partial charge in [0.2, 0.25) is 0 Å². The molecule has 2 aliphatic heterocycles. The Hall–Kier alpha value is -1.32. The summed E-state index contributed by atoms with van der Waals surface area (Å²) in [5.74, 6) is -0.225. The molecule has 0 saturated heterocycles. The van der Waals surface area contributed by atoms with Crippen LogP contribution in [-0.2, 0) is 4.79 Å². The Labute approximate surface area is 82.8 Å². The molecule has 0 N–H and O–H groups in total. The summed E-state index contributed by atoms with van der Waals surface area (Å²) < 4.78 is 0. The highest BCUT2D eigenvalue weighted by atomic mass is 16.1. The fourth-order valence-corrected chi connectivity index (χ4v) is 1.52. The number of carbonyl (C=O) groups is 1. The second-order valence-corrected chi connectivity index (χ2v) is 4.64. The van der Waals surface area contributed by atoms with Crippen LogP contribution < -0.4 is 0 Å². The predicted octanol–water partition coefficient (Wildman–Crippen LogP) is 2.12. The van der Waals surface area contributed by atoms with Crippen molar-refractivity contribution >= 4 is 11.6 Å². The van der Waals surface area contributed by atoms with Gasteiger partial charge in [-0.05, 0) is 5.57 Å². The highest BCUT2D eigenvalue weighted by Crippen LogP contribution is 2.30. The van der Waals surface area contributed by atoms with Crippen LogP contribution in [-0.4, -0.2) is 18.2 Å². The maximum absolute atomic E-state index is 11.5. The van der Waals surface area contributed by atoms with Crippen LogP contribution in [0.25, 0.3) is 0 Å². The van der Waals surface area contributed by atoms with Crippen LogP contribution in [0.15, 0.2) is 26.5 Å². The fraction of sp³-hybridized carbons (Fsp3) is 0.600. The van der Waals surface area contributed by atoms with Crippen molar-refractivity contribution in [3.05, 3.63) is 11.3 Å². The third-order valence-electron chi connectivity index (χ3n) is 2.45. The quantitative estimate of drug-likeness (QED) is 0.578. The minimum atomic E-state index is -0.225. The number of nitrogens with zero attached hydrogens (tertiary/aromatic N) is 3. The van der Waals surface area contributed by atoms with E-state index >= 15 is 0 Å². The van der Waals surface area contributed by atoms with Gasteiger partial charge in [-0.3, -0.25) is 4.79 Å². The zero-order valence-electron chi connectivity index (χ0n) is 8.66. The molecule has 2 rings (SSSR count). The molecule has 0 radical (unpaired) electrons. The lowest BCUT2D eigenvalue weighted by Crippen LogP contribution is -2.26. The summed E-state index contributed by atoms with van der Waals surface area (Å²) in [6, 6.07) is 0. The second kappa shape index (κ2) is 2.83. The molecule has 0 aromatic heterocycles. The normalized spacial score (nSPS) is 21.4. The van der Waals surface area contributed by atoms with Gasteiger partial charge in [-0.25, -0.2) is 4.99 Å². The maximum atomic E-state index is 11.5. The predicted molar refractivity (Wildman–Crippen MR) is 53.3 cm³/mol. The van der Waals surface area contributed by atoms with Crippen LogP contribution in [0.3, 0.4) is 0 Å². The van der Waals surface area contributed by atoms with Gasteiger partial charge < -0.3 is 0 Å². The Balaban J connectivity index is 2.31. The highest BCUT2D eigenvalue weighted by Gasteiger charge is 2.30. The van der Waals surface area contributed by atoms with Crippen molar-refractivity contribution in [1.29, 1.82) is 0 Å². The smallest absolute Gasteiger partial charge is 0.265 e. The highest BCUT2D eigenvalue weighted by molar-refractivity contribution is 6.09. The molecule has 2 aliphatic rings. The second-order valence-electron chi connectivity index (χ2n) is 4.64. The monoisotopic (exact) mass is 191 g/mol. The fourth-order valence-electron chi connectivity index (χ4n) is 1.52. The molecule has 14 heavy (non-hydrogen) atoms. The lowest BCUT2D eigenvalue weighted by atomic mass is 9.84. The first-order valence-electron chi connectivity index (χ1n) is 4.70. The Kier molecular flexibility index (Phi) is 1.87. The van der Waals surface area contributed by atoms with Gasteiger partial charge in [0.25, 0.3) is 5.91 Å². The van der Waals surface area contributed by atoms with Crippen LogP contribution >= 0.6 is 0 Å². The number of dihydropyridines is 1. The summed E-state index contributed by atoms with van der Waals surface area (Å²) in [6.07, 6.45) is 0.748. The summed E-state index contributed by atoms with van der Waals surface area (Å²) in [5, 5.41) is 7.65. The molecule has 2 heterocycles. The molecule has 4 nitrogen and oxygen atoms in total. The summed E-state index contributed by atoms with van der Waals surface area (Å²) in [4.78, 5) is 15.6. The Morgan fingerprint density at radius 3 is 2.64 bits per heavy atom. The third kappa shape index (κ3) is 1.41. The van der Waals surface area contributed by atoms with Crippen LogP contribution in [0.2, 0.25) is 0 Å². The zero-order chi connectivity index (χ0) is 10.3. The average molecular weight is 191 g/mol. The molecule has 0 aromatic rings. The number of aliphatic imine (C=N–C) groups is 1. The molecule has 0 fully saturated rings. The van der Waals surface area contributed by atoms with Gasteiger partial charge in [-0.1, -0.05) is 20.8 Å². The number of hydrogen-bond acceptors (Lipinski definition) is 3. The third-order valence-corrected chi connectivity index (χ3v) is 2.45. The topological polar surface area (TPSA) is 54.1 Å². The number of amides is 1. The van der Waals surface area contributed by atoms with E-state index in [1.54, 1.807) is 0 Å². The Morgan fingerprint density at radius 1 is 1.29 bits per heavy atom. The van der Waals surface area contributed by atoms with E-state index in [0.717, 1.165) is 17.7 Å².